The lowest BCUT2D eigenvalue weighted by Gasteiger charge is -2.14. The van der Waals surface area contributed by atoms with Gasteiger partial charge >= 0.3 is 0 Å². The average molecular weight is 724 g/mol. The van der Waals surface area contributed by atoms with Crippen molar-refractivity contribution in [2.24, 2.45) is 0 Å². The van der Waals surface area contributed by atoms with Gasteiger partial charge in [-0.3, -0.25) is 0 Å². The summed E-state index contributed by atoms with van der Waals surface area (Å²) in [6.45, 7) is 1.89. The third kappa shape index (κ3) is 5.79. The molecule has 9 aromatic rings. The SMILES string of the molecule is CP1(=O)c2ccccc2-c2cc(-c3ccc(-c4ccc(-c5nc(-c6ccccc6)nc(-c6cccc(-c7ccccc7)c6)n5)cc4)c4ccccc34)ccc21. The van der Waals surface area contributed by atoms with Crippen molar-refractivity contribution >= 4 is 28.5 Å². The van der Waals surface area contributed by atoms with Crippen LogP contribution in [-0.2, 0) is 4.57 Å². The molecule has 5 heteroatoms. The van der Waals surface area contributed by atoms with Gasteiger partial charge in [0.05, 0.1) is 0 Å². The molecule has 0 N–H and O–H groups in total. The first kappa shape index (κ1) is 32.9. The van der Waals surface area contributed by atoms with Gasteiger partial charge in [0.1, 0.15) is 7.14 Å². The van der Waals surface area contributed by atoms with Gasteiger partial charge in [-0.15, -0.1) is 0 Å². The standard InChI is InChI=1S/C50H34N3OP/c1-55(54)46-22-11-10-21-44(46)45-32-38(27-30-47(45)55)41-29-28-40(42-19-8-9-20-43(41)42)34-23-25-36(26-24-34)49-51-48(35-15-6-3-7-16-35)52-50(53-49)39-18-12-17-37(31-39)33-13-4-2-5-14-33/h2-32H,1H3. The summed E-state index contributed by atoms with van der Waals surface area (Å²) >= 11 is 0. The monoisotopic (exact) mass is 723 g/mol. The molecular weight excluding hydrogens is 690 g/mol. The number of benzene rings is 8. The Morgan fingerprint density at radius 2 is 0.800 bits per heavy atom. The predicted molar refractivity (Wildman–Crippen MR) is 228 cm³/mol. The van der Waals surface area contributed by atoms with Crippen molar-refractivity contribution in [3.63, 3.8) is 0 Å². The zero-order chi connectivity index (χ0) is 36.9. The van der Waals surface area contributed by atoms with Gasteiger partial charge in [-0.1, -0.05) is 170 Å². The smallest absolute Gasteiger partial charge is 0.164 e. The average Bonchev–Trinajstić information content (AvgIpc) is 3.49. The predicted octanol–water partition coefficient (Wildman–Crippen LogP) is 12.0. The Morgan fingerprint density at radius 3 is 1.49 bits per heavy atom. The summed E-state index contributed by atoms with van der Waals surface area (Å²) in [5, 5.41) is 4.23. The molecular formula is C50H34N3OP. The molecule has 55 heavy (non-hydrogen) atoms. The summed E-state index contributed by atoms with van der Waals surface area (Å²) in [5.74, 6) is 1.88. The Kier molecular flexibility index (Phi) is 7.94. The molecule has 4 nitrogen and oxygen atoms in total. The first-order chi connectivity index (χ1) is 27.0. The maximum Gasteiger partial charge on any atom is 0.164 e. The minimum absolute atomic E-state index is 0.621. The van der Waals surface area contributed by atoms with Gasteiger partial charge < -0.3 is 4.57 Å². The molecule has 10 rings (SSSR count). The Balaban J connectivity index is 1.03. The van der Waals surface area contributed by atoms with Crippen LogP contribution in [0.2, 0.25) is 0 Å². The third-order valence-corrected chi connectivity index (χ3v) is 13.3. The normalized spacial score (nSPS) is 14.4. The first-order valence-electron chi connectivity index (χ1n) is 18.4. The summed E-state index contributed by atoms with van der Waals surface area (Å²) in [6.07, 6.45) is 0. The summed E-state index contributed by atoms with van der Waals surface area (Å²) in [4.78, 5) is 15.0. The number of nitrogens with zero attached hydrogens (tertiary/aromatic N) is 3. The Bertz CT molecular complexity index is 2960. The van der Waals surface area contributed by atoms with E-state index < -0.39 is 7.14 Å². The molecule has 0 radical (unpaired) electrons. The maximum absolute atomic E-state index is 13.8. The van der Waals surface area contributed by atoms with Gasteiger partial charge in [-0.25, -0.2) is 15.0 Å². The molecule has 0 fully saturated rings. The Hall–Kier alpha value is -6.74. The van der Waals surface area contributed by atoms with Crippen LogP contribution in [-0.4, -0.2) is 21.6 Å². The van der Waals surface area contributed by atoms with Crippen molar-refractivity contribution in [1.82, 2.24) is 15.0 Å². The molecule has 0 amide bonds. The van der Waals surface area contributed by atoms with E-state index in [2.05, 4.69) is 133 Å². The number of hydrogen-bond acceptors (Lipinski definition) is 4. The highest BCUT2D eigenvalue weighted by molar-refractivity contribution is 7.79. The maximum atomic E-state index is 13.8. The van der Waals surface area contributed by atoms with Gasteiger partial charge in [0, 0.05) is 27.3 Å². The van der Waals surface area contributed by atoms with Crippen LogP contribution in [0.1, 0.15) is 0 Å². The molecule has 0 saturated heterocycles. The number of rotatable bonds is 6. The molecule has 0 spiro atoms. The molecule has 0 saturated carbocycles. The molecule has 0 aliphatic carbocycles. The highest BCUT2D eigenvalue weighted by Gasteiger charge is 2.34. The lowest BCUT2D eigenvalue weighted by molar-refractivity contribution is 0.591. The highest BCUT2D eigenvalue weighted by Crippen LogP contribution is 2.51. The van der Waals surface area contributed by atoms with Crippen LogP contribution in [0.4, 0.5) is 0 Å². The Morgan fingerprint density at radius 1 is 0.327 bits per heavy atom. The van der Waals surface area contributed by atoms with Crippen LogP contribution in [0, 0.1) is 0 Å². The minimum atomic E-state index is -2.62. The van der Waals surface area contributed by atoms with Crippen LogP contribution in [0.5, 0.6) is 0 Å². The first-order valence-corrected chi connectivity index (χ1v) is 20.6. The van der Waals surface area contributed by atoms with E-state index in [4.69, 9.17) is 15.0 Å². The highest BCUT2D eigenvalue weighted by atomic mass is 31.2. The fourth-order valence-corrected chi connectivity index (χ4v) is 10.2. The van der Waals surface area contributed by atoms with E-state index in [1.165, 1.54) is 10.8 Å². The number of hydrogen-bond donors (Lipinski definition) is 0. The largest absolute Gasteiger partial charge is 0.314 e. The minimum Gasteiger partial charge on any atom is -0.314 e. The zero-order valence-corrected chi connectivity index (χ0v) is 31.0. The molecule has 1 aliphatic heterocycles. The lowest BCUT2D eigenvalue weighted by atomic mass is 9.91. The van der Waals surface area contributed by atoms with E-state index in [-0.39, 0.29) is 0 Å². The fourth-order valence-electron chi connectivity index (χ4n) is 7.91. The molecule has 2 heterocycles. The van der Waals surface area contributed by atoms with Crippen LogP contribution < -0.4 is 10.6 Å². The van der Waals surface area contributed by atoms with Crippen LogP contribution in [0.25, 0.3) is 89.4 Å². The zero-order valence-electron chi connectivity index (χ0n) is 30.1. The van der Waals surface area contributed by atoms with Crippen LogP contribution >= 0.6 is 7.14 Å². The van der Waals surface area contributed by atoms with Gasteiger partial charge in [0.15, 0.2) is 17.5 Å². The second kappa shape index (κ2) is 13.3. The van der Waals surface area contributed by atoms with Crippen LogP contribution in [0.15, 0.2) is 188 Å². The summed E-state index contributed by atoms with van der Waals surface area (Å²) in [7, 11) is -2.62. The molecule has 0 bridgehead atoms. The molecule has 1 unspecified atom stereocenters. The van der Waals surface area contributed by atoms with Gasteiger partial charge in [0.25, 0.3) is 0 Å². The van der Waals surface area contributed by atoms with E-state index in [0.29, 0.717) is 17.5 Å². The van der Waals surface area contributed by atoms with Crippen molar-refractivity contribution in [2.75, 3.05) is 6.66 Å². The fraction of sp³-hybridized carbons (Fsp3) is 0.0200. The quantitative estimate of drug-likeness (QED) is 0.160. The van der Waals surface area contributed by atoms with Crippen molar-refractivity contribution in [3.05, 3.63) is 188 Å². The molecule has 1 atom stereocenters. The number of aromatic nitrogens is 3. The second-order valence-electron chi connectivity index (χ2n) is 14.1. The van der Waals surface area contributed by atoms with E-state index in [1.807, 2.05) is 61.3 Å². The molecule has 260 valence electrons. The van der Waals surface area contributed by atoms with E-state index in [9.17, 15) is 4.57 Å². The van der Waals surface area contributed by atoms with Crippen molar-refractivity contribution in [3.8, 4) is 78.7 Å². The van der Waals surface area contributed by atoms with E-state index >= 15 is 0 Å². The topological polar surface area (TPSA) is 55.7 Å². The second-order valence-corrected chi connectivity index (χ2v) is 16.9. The van der Waals surface area contributed by atoms with E-state index in [0.717, 1.165) is 71.8 Å². The lowest BCUT2D eigenvalue weighted by Crippen LogP contribution is -2.07. The van der Waals surface area contributed by atoms with Crippen molar-refractivity contribution < 1.29 is 4.57 Å². The third-order valence-electron chi connectivity index (χ3n) is 10.7. The summed E-state index contributed by atoms with van der Waals surface area (Å²) < 4.78 is 13.8. The van der Waals surface area contributed by atoms with Gasteiger partial charge in [0.2, 0.25) is 0 Å². The Labute approximate surface area is 320 Å². The molecule has 8 aromatic carbocycles. The van der Waals surface area contributed by atoms with E-state index in [1.54, 1.807) is 0 Å². The van der Waals surface area contributed by atoms with Crippen LogP contribution in [0.3, 0.4) is 0 Å². The summed E-state index contributed by atoms with van der Waals surface area (Å²) in [6, 6.07) is 64.9. The van der Waals surface area contributed by atoms with Crippen molar-refractivity contribution in [1.29, 1.82) is 0 Å². The molecule has 1 aromatic heterocycles. The van der Waals surface area contributed by atoms with Gasteiger partial charge in [-0.2, -0.15) is 0 Å². The summed E-state index contributed by atoms with van der Waals surface area (Å²) in [5.41, 5.74) is 11.7. The van der Waals surface area contributed by atoms with Gasteiger partial charge in [-0.05, 0) is 80.1 Å². The number of fused-ring (bicyclic) bond motifs is 4. The molecule has 1 aliphatic rings. The van der Waals surface area contributed by atoms with Crippen molar-refractivity contribution in [2.45, 2.75) is 0 Å².